The lowest BCUT2D eigenvalue weighted by Gasteiger charge is -2.09. The maximum absolute atomic E-state index is 13.0. The highest BCUT2D eigenvalue weighted by Gasteiger charge is 2.05. The predicted octanol–water partition coefficient (Wildman–Crippen LogP) is 5.71. The fraction of sp³-hybridized carbons (Fsp3) is 0.176. The van der Waals surface area contributed by atoms with Gasteiger partial charge in [0.1, 0.15) is 5.82 Å². The molecule has 0 saturated carbocycles. The highest BCUT2D eigenvalue weighted by molar-refractivity contribution is 6.30. The number of hydrogen-bond donors (Lipinski definition) is 0. The van der Waals surface area contributed by atoms with Crippen molar-refractivity contribution in [2.24, 2.45) is 0 Å². The molecule has 0 heterocycles. The van der Waals surface area contributed by atoms with Crippen LogP contribution in [0.15, 0.2) is 54.6 Å². The van der Waals surface area contributed by atoms with Crippen LogP contribution in [-0.2, 0) is 0 Å². The van der Waals surface area contributed by atoms with E-state index < -0.39 is 0 Å². The van der Waals surface area contributed by atoms with Crippen LogP contribution in [-0.4, -0.2) is 0 Å². The van der Waals surface area contributed by atoms with Gasteiger partial charge in [0.15, 0.2) is 0 Å². The minimum atomic E-state index is -0.213. The lowest BCUT2D eigenvalue weighted by molar-refractivity contribution is 0.627. The number of rotatable bonds is 4. The van der Waals surface area contributed by atoms with E-state index in [1.807, 2.05) is 36.4 Å². The molecule has 0 aliphatic carbocycles. The highest BCUT2D eigenvalue weighted by atomic mass is 35.5. The van der Waals surface area contributed by atoms with E-state index in [-0.39, 0.29) is 5.82 Å². The zero-order valence-corrected chi connectivity index (χ0v) is 11.6. The Bertz CT molecular complexity index is 505. The van der Waals surface area contributed by atoms with Crippen molar-refractivity contribution in [2.45, 2.75) is 19.8 Å². The van der Waals surface area contributed by atoms with Gasteiger partial charge in [-0.25, -0.2) is 4.39 Å². The monoisotopic (exact) mass is 274 g/mol. The summed E-state index contributed by atoms with van der Waals surface area (Å²) >= 11 is 5.92. The fourth-order valence-electron chi connectivity index (χ4n) is 1.95. The van der Waals surface area contributed by atoms with Crippen molar-refractivity contribution in [3.8, 4) is 0 Å². The van der Waals surface area contributed by atoms with Gasteiger partial charge in [-0.15, -0.1) is 0 Å². The van der Waals surface area contributed by atoms with Gasteiger partial charge in [-0.3, -0.25) is 0 Å². The van der Waals surface area contributed by atoms with Crippen LogP contribution in [0.4, 0.5) is 4.39 Å². The molecule has 0 aliphatic rings. The van der Waals surface area contributed by atoms with Gasteiger partial charge in [0, 0.05) is 5.02 Å². The van der Waals surface area contributed by atoms with E-state index in [0.717, 1.165) is 34.6 Å². The normalized spacial score (nSPS) is 11.6. The van der Waals surface area contributed by atoms with Gasteiger partial charge in [0.2, 0.25) is 0 Å². The topological polar surface area (TPSA) is 0 Å². The predicted molar refractivity (Wildman–Crippen MR) is 79.8 cm³/mol. The fourth-order valence-corrected chi connectivity index (χ4v) is 2.08. The number of unbranched alkanes of at least 4 members (excludes halogenated alkanes) is 1. The third-order valence-corrected chi connectivity index (χ3v) is 3.20. The Kier molecular flexibility index (Phi) is 4.75. The average molecular weight is 275 g/mol. The second-order valence-electron chi connectivity index (χ2n) is 4.42. The van der Waals surface area contributed by atoms with Crippen LogP contribution >= 0.6 is 11.6 Å². The number of hydrogen-bond acceptors (Lipinski definition) is 0. The van der Waals surface area contributed by atoms with Gasteiger partial charge in [0.05, 0.1) is 0 Å². The Morgan fingerprint density at radius 3 is 2.05 bits per heavy atom. The zero-order valence-electron chi connectivity index (χ0n) is 10.9. The molecule has 0 atom stereocenters. The van der Waals surface area contributed by atoms with Crippen LogP contribution in [0.3, 0.4) is 0 Å². The van der Waals surface area contributed by atoms with Gasteiger partial charge in [-0.1, -0.05) is 55.3 Å². The van der Waals surface area contributed by atoms with Crippen molar-refractivity contribution < 1.29 is 4.39 Å². The number of halogens is 2. The molecule has 0 radical (unpaired) electrons. The molecular formula is C17H16ClF. The molecule has 98 valence electrons. The molecule has 0 saturated heterocycles. The summed E-state index contributed by atoms with van der Waals surface area (Å²) in [6.45, 7) is 2.14. The van der Waals surface area contributed by atoms with E-state index in [0.29, 0.717) is 0 Å². The van der Waals surface area contributed by atoms with Gasteiger partial charge in [0.25, 0.3) is 0 Å². The summed E-state index contributed by atoms with van der Waals surface area (Å²) in [6.07, 6.45) is 4.27. The maximum Gasteiger partial charge on any atom is 0.123 e. The molecule has 0 spiro atoms. The third-order valence-electron chi connectivity index (χ3n) is 2.95. The summed E-state index contributed by atoms with van der Waals surface area (Å²) in [6, 6.07) is 14.3. The molecule has 0 nitrogen and oxygen atoms in total. The third kappa shape index (κ3) is 3.68. The molecule has 2 aromatic rings. The molecule has 0 aromatic heterocycles. The second kappa shape index (κ2) is 6.53. The molecule has 2 heteroatoms. The zero-order chi connectivity index (χ0) is 13.7. The standard InChI is InChI=1S/C17H16ClF/c1-2-3-4-17(13-5-9-15(18)10-6-13)14-7-11-16(19)12-8-14/h4-12H,2-3H2,1H3/b17-4+. The Morgan fingerprint density at radius 1 is 1.00 bits per heavy atom. The lowest BCUT2D eigenvalue weighted by atomic mass is 9.96. The van der Waals surface area contributed by atoms with E-state index >= 15 is 0 Å². The van der Waals surface area contributed by atoms with Crippen molar-refractivity contribution in [3.05, 3.63) is 76.6 Å². The number of allylic oxidation sites excluding steroid dienone is 1. The van der Waals surface area contributed by atoms with Crippen molar-refractivity contribution in [1.82, 2.24) is 0 Å². The van der Waals surface area contributed by atoms with Crippen LogP contribution in [0, 0.1) is 5.82 Å². The Hall–Kier alpha value is -1.60. The molecule has 0 amide bonds. The smallest absolute Gasteiger partial charge is 0.123 e. The van der Waals surface area contributed by atoms with Gasteiger partial charge in [-0.05, 0) is 47.4 Å². The van der Waals surface area contributed by atoms with E-state index in [1.165, 1.54) is 12.1 Å². The van der Waals surface area contributed by atoms with Crippen molar-refractivity contribution in [1.29, 1.82) is 0 Å². The van der Waals surface area contributed by atoms with Gasteiger partial charge in [-0.2, -0.15) is 0 Å². The molecule has 2 rings (SSSR count). The SMILES string of the molecule is CCC/C=C(/c1ccc(F)cc1)c1ccc(Cl)cc1. The molecular weight excluding hydrogens is 259 g/mol. The minimum absolute atomic E-state index is 0.213. The lowest BCUT2D eigenvalue weighted by Crippen LogP contribution is -1.89. The summed E-state index contributed by atoms with van der Waals surface area (Å²) in [5.74, 6) is -0.213. The summed E-state index contributed by atoms with van der Waals surface area (Å²) < 4.78 is 13.0. The first-order valence-corrected chi connectivity index (χ1v) is 6.80. The molecule has 0 N–H and O–H groups in total. The van der Waals surface area contributed by atoms with Gasteiger partial charge < -0.3 is 0 Å². The maximum atomic E-state index is 13.0. The van der Waals surface area contributed by atoms with E-state index in [2.05, 4.69) is 13.0 Å². The van der Waals surface area contributed by atoms with E-state index in [4.69, 9.17) is 11.6 Å². The Labute approximate surface area is 118 Å². The second-order valence-corrected chi connectivity index (χ2v) is 4.86. The highest BCUT2D eigenvalue weighted by Crippen LogP contribution is 2.25. The summed E-state index contributed by atoms with van der Waals surface area (Å²) in [5, 5.41) is 0.720. The first-order valence-electron chi connectivity index (χ1n) is 6.42. The summed E-state index contributed by atoms with van der Waals surface area (Å²) in [4.78, 5) is 0. The van der Waals surface area contributed by atoms with Crippen molar-refractivity contribution in [2.75, 3.05) is 0 Å². The molecule has 0 fully saturated rings. The molecule has 0 aliphatic heterocycles. The largest absolute Gasteiger partial charge is 0.207 e. The van der Waals surface area contributed by atoms with Crippen LogP contribution < -0.4 is 0 Å². The number of benzene rings is 2. The molecule has 0 unspecified atom stereocenters. The molecule has 0 bridgehead atoms. The summed E-state index contributed by atoms with van der Waals surface area (Å²) in [5.41, 5.74) is 3.25. The minimum Gasteiger partial charge on any atom is -0.207 e. The first-order chi connectivity index (χ1) is 9.20. The quantitative estimate of drug-likeness (QED) is 0.670. The Morgan fingerprint density at radius 2 is 1.53 bits per heavy atom. The van der Waals surface area contributed by atoms with Crippen LogP contribution in [0.2, 0.25) is 5.02 Å². The molecule has 19 heavy (non-hydrogen) atoms. The first kappa shape index (κ1) is 13.8. The Balaban J connectivity index is 2.41. The van der Waals surface area contributed by atoms with E-state index in [1.54, 1.807) is 0 Å². The van der Waals surface area contributed by atoms with Crippen LogP contribution in [0.5, 0.6) is 0 Å². The average Bonchev–Trinajstić information content (AvgIpc) is 2.43. The van der Waals surface area contributed by atoms with Crippen molar-refractivity contribution in [3.63, 3.8) is 0 Å². The summed E-state index contributed by atoms with van der Waals surface area (Å²) in [7, 11) is 0. The van der Waals surface area contributed by atoms with Crippen LogP contribution in [0.1, 0.15) is 30.9 Å². The van der Waals surface area contributed by atoms with Crippen LogP contribution in [0.25, 0.3) is 5.57 Å². The van der Waals surface area contributed by atoms with Crippen molar-refractivity contribution >= 4 is 17.2 Å². The van der Waals surface area contributed by atoms with E-state index in [9.17, 15) is 4.39 Å². The van der Waals surface area contributed by atoms with Gasteiger partial charge >= 0.3 is 0 Å². The molecule has 2 aromatic carbocycles.